The lowest BCUT2D eigenvalue weighted by Crippen LogP contribution is -2.67. The van der Waals surface area contributed by atoms with E-state index in [2.05, 4.69) is 9.97 Å². The van der Waals surface area contributed by atoms with Crippen LogP contribution in [0.5, 0.6) is 0 Å². The number of hydrogen-bond donors (Lipinski definition) is 0. The Hall–Kier alpha value is -3.20. The number of carbonyl (C=O) groups is 1. The van der Waals surface area contributed by atoms with Crippen molar-refractivity contribution in [3.63, 3.8) is 0 Å². The maximum atomic E-state index is 14.2. The Bertz CT molecular complexity index is 1330. The van der Waals surface area contributed by atoms with Crippen LogP contribution in [0.1, 0.15) is 41.6 Å². The van der Waals surface area contributed by atoms with Crippen molar-refractivity contribution in [2.45, 2.75) is 30.9 Å². The number of likely N-dealkylation sites (tertiary alicyclic amines) is 2. The van der Waals surface area contributed by atoms with Crippen LogP contribution in [0.2, 0.25) is 5.02 Å². The first-order valence-electron chi connectivity index (χ1n) is 12.1. The highest BCUT2D eigenvalue weighted by atomic mass is 35.5. The van der Waals surface area contributed by atoms with Crippen molar-refractivity contribution in [3.8, 4) is 11.1 Å². The van der Waals surface area contributed by atoms with Gasteiger partial charge < -0.3 is 9.80 Å². The van der Waals surface area contributed by atoms with Crippen molar-refractivity contribution in [2.24, 2.45) is 5.41 Å². The van der Waals surface area contributed by atoms with Gasteiger partial charge in [-0.25, -0.2) is 9.18 Å². The van der Waals surface area contributed by atoms with Crippen LogP contribution >= 0.6 is 11.6 Å². The molecule has 0 unspecified atom stereocenters. The molecule has 3 aromatic rings. The van der Waals surface area contributed by atoms with Crippen molar-refractivity contribution < 1.29 is 22.4 Å². The molecule has 3 fully saturated rings. The van der Waals surface area contributed by atoms with Crippen molar-refractivity contribution in [1.82, 2.24) is 19.8 Å². The van der Waals surface area contributed by atoms with Crippen LogP contribution in [0.25, 0.3) is 11.1 Å². The first-order chi connectivity index (χ1) is 17.6. The molecule has 6 rings (SSSR count). The second-order valence-electron chi connectivity index (χ2n) is 10.4. The summed E-state index contributed by atoms with van der Waals surface area (Å²) in [6.45, 7) is 2.53. The van der Waals surface area contributed by atoms with E-state index < -0.39 is 17.7 Å². The van der Waals surface area contributed by atoms with E-state index in [0.29, 0.717) is 42.3 Å². The van der Waals surface area contributed by atoms with Crippen molar-refractivity contribution >= 4 is 17.6 Å². The van der Waals surface area contributed by atoms with E-state index in [1.54, 1.807) is 18.3 Å². The second-order valence-corrected chi connectivity index (χ2v) is 10.9. The molecule has 0 radical (unpaired) electrons. The number of pyridine rings is 2. The van der Waals surface area contributed by atoms with Gasteiger partial charge in [0.25, 0.3) is 0 Å². The first kappa shape index (κ1) is 24.2. The molecule has 2 amide bonds. The molecule has 0 N–H and O–H groups in total. The summed E-state index contributed by atoms with van der Waals surface area (Å²) in [6.07, 6.45) is 0.257. The maximum Gasteiger partial charge on any atom is 0.433 e. The van der Waals surface area contributed by atoms with Gasteiger partial charge in [-0.3, -0.25) is 9.97 Å². The van der Waals surface area contributed by atoms with Gasteiger partial charge in [0.1, 0.15) is 11.5 Å². The maximum absolute atomic E-state index is 14.2. The van der Waals surface area contributed by atoms with Gasteiger partial charge in [0, 0.05) is 71.7 Å². The first-order valence-corrected chi connectivity index (χ1v) is 12.5. The second kappa shape index (κ2) is 8.68. The SMILES string of the molecule is O=C(N1CC(c2ccc(-c3ccc(Cl)cc3F)cn2)C1)N1CC2(CC(c3ccc(C(F)(F)F)nc3)C2)C1. The molecule has 1 spiro atoms. The lowest BCUT2D eigenvalue weighted by atomic mass is 9.56. The fourth-order valence-electron chi connectivity index (χ4n) is 5.74. The van der Waals surface area contributed by atoms with E-state index in [1.807, 2.05) is 21.9 Å². The molecule has 3 aliphatic rings. The lowest BCUT2D eigenvalue weighted by molar-refractivity contribution is -0.141. The average molecular weight is 531 g/mol. The Labute approximate surface area is 216 Å². The average Bonchev–Trinajstić information content (AvgIpc) is 2.77. The molecule has 0 bridgehead atoms. The van der Waals surface area contributed by atoms with Crippen molar-refractivity contribution in [3.05, 3.63) is 82.6 Å². The summed E-state index contributed by atoms with van der Waals surface area (Å²) in [5.41, 5.74) is 2.00. The topological polar surface area (TPSA) is 49.3 Å². The predicted molar refractivity (Wildman–Crippen MR) is 130 cm³/mol. The monoisotopic (exact) mass is 530 g/mol. The van der Waals surface area contributed by atoms with Crippen LogP contribution in [0.3, 0.4) is 0 Å². The smallest absolute Gasteiger partial charge is 0.323 e. The molecule has 2 saturated heterocycles. The summed E-state index contributed by atoms with van der Waals surface area (Å²) in [5.74, 6) is -0.0667. The summed E-state index contributed by atoms with van der Waals surface area (Å²) in [4.78, 5) is 24.6. The predicted octanol–water partition coefficient (Wildman–Crippen LogP) is 6.35. The molecule has 0 atom stereocenters. The van der Waals surface area contributed by atoms with Crippen LogP contribution in [-0.2, 0) is 6.18 Å². The molecule has 1 aromatic carbocycles. The van der Waals surface area contributed by atoms with Gasteiger partial charge >= 0.3 is 12.2 Å². The lowest BCUT2D eigenvalue weighted by Gasteiger charge is -2.60. The number of alkyl halides is 3. The van der Waals surface area contributed by atoms with Crippen LogP contribution in [0.15, 0.2) is 54.9 Å². The summed E-state index contributed by atoms with van der Waals surface area (Å²) >= 11 is 5.82. The molecule has 4 heterocycles. The van der Waals surface area contributed by atoms with Gasteiger partial charge in [0.2, 0.25) is 0 Å². The van der Waals surface area contributed by atoms with E-state index >= 15 is 0 Å². The Morgan fingerprint density at radius 2 is 1.70 bits per heavy atom. The van der Waals surface area contributed by atoms with Gasteiger partial charge in [-0.15, -0.1) is 0 Å². The number of urea groups is 1. The summed E-state index contributed by atoms with van der Waals surface area (Å²) in [7, 11) is 0. The molecular formula is C27H23ClF4N4O. The minimum atomic E-state index is -4.43. The summed E-state index contributed by atoms with van der Waals surface area (Å²) < 4.78 is 52.3. The van der Waals surface area contributed by atoms with Crippen molar-refractivity contribution in [2.75, 3.05) is 26.2 Å². The molecule has 10 heteroatoms. The van der Waals surface area contributed by atoms with Crippen LogP contribution < -0.4 is 0 Å². The quantitative estimate of drug-likeness (QED) is 0.371. The Morgan fingerprint density at radius 1 is 0.946 bits per heavy atom. The minimum absolute atomic E-state index is 0.0152. The zero-order valence-electron chi connectivity index (χ0n) is 19.7. The van der Waals surface area contributed by atoms with Gasteiger partial charge in [-0.1, -0.05) is 23.7 Å². The number of hydrogen-bond acceptors (Lipinski definition) is 3. The van der Waals surface area contributed by atoms with Gasteiger partial charge in [0.15, 0.2) is 0 Å². The number of rotatable bonds is 3. The molecule has 2 aliphatic heterocycles. The fraction of sp³-hybridized carbons (Fsp3) is 0.370. The Balaban J connectivity index is 0.978. The molecule has 37 heavy (non-hydrogen) atoms. The zero-order chi connectivity index (χ0) is 25.9. The number of carbonyl (C=O) groups excluding carboxylic acids is 1. The van der Waals surface area contributed by atoms with Gasteiger partial charge in [-0.2, -0.15) is 13.2 Å². The van der Waals surface area contributed by atoms with Crippen LogP contribution in [0, 0.1) is 11.2 Å². The van der Waals surface area contributed by atoms with Gasteiger partial charge in [-0.05, 0) is 54.7 Å². The van der Waals surface area contributed by atoms with Crippen LogP contribution in [-0.4, -0.2) is 52.0 Å². The minimum Gasteiger partial charge on any atom is -0.323 e. The summed E-state index contributed by atoms with van der Waals surface area (Å²) in [6, 6.07) is 10.8. The van der Waals surface area contributed by atoms with E-state index in [1.165, 1.54) is 18.3 Å². The zero-order valence-corrected chi connectivity index (χ0v) is 20.4. The molecule has 192 valence electrons. The number of benzene rings is 1. The number of amides is 2. The van der Waals surface area contributed by atoms with E-state index in [4.69, 9.17) is 11.6 Å². The fourth-order valence-corrected chi connectivity index (χ4v) is 5.90. The van der Waals surface area contributed by atoms with Gasteiger partial charge in [0.05, 0.1) is 0 Å². The Morgan fingerprint density at radius 3 is 2.30 bits per heavy atom. The number of halogens is 5. The van der Waals surface area contributed by atoms with Crippen molar-refractivity contribution in [1.29, 1.82) is 0 Å². The third-order valence-corrected chi connectivity index (χ3v) is 8.06. The molecule has 2 aromatic heterocycles. The highest BCUT2D eigenvalue weighted by molar-refractivity contribution is 6.30. The highest BCUT2D eigenvalue weighted by Gasteiger charge is 2.55. The molecule has 1 aliphatic carbocycles. The highest BCUT2D eigenvalue weighted by Crippen LogP contribution is 2.56. The standard InChI is InChI=1S/C27H23ClF4N4O/c28-20-3-4-21(22(29)7-20)17-1-5-23(33-11-17)19-12-35(13-19)25(37)36-14-26(15-36)8-18(9-26)16-2-6-24(34-10-16)27(30,31)32/h1-7,10-11,18-19H,8-9,12-15H2. The Kier molecular flexibility index (Phi) is 5.67. The molecule has 1 saturated carbocycles. The summed E-state index contributed by atoms with van der Waals surface area (Å²) in [5, 5.41) is 0.340. The molecule has 5 nitrogen and oxygen atoms in total. The molecular weight excluding hydrogens is 508 g/mol. The largest absolute Gasteiger partial charge is 0.433 e. The van der Waals surface area contributed by atoms with Crippen LogP contribution in [0.4, 0.5) is 22.4 Å². The number of nitrogens with zero attached hydrogens (tertiary/aromatic N) is 4. The normalized spacial score (nSPS) is 19.4. The number of aromatic nitrogens is 2. The third kappa shape index (κ3) is 4.43. The van der Waals surface area contributed by atoms with E-state index in [-0.39, 0.29) is 23.3 Å². The van der Waals surface area contributed by atoms with E-state index in [9.17, 15) is 22.4 Å². The third-order valence-electron chi connectivity index (χ3n) is 7.83. The van der Waals surface area contributed by atoms with E-state index in [0.717, 1.165) is 30.2 Å².